The zero-order valence-electron chi connectivity index (χ0n) is 11.3. The SMILES string of the molecule is CC(C)[C@@H]1CC(=O)N(Cc2ccc(F)cc2)[C@H]1CO. The molecule has 0 bridgehead atoms. The molecule has 0 aliphatic carbocycles. The van der Waals surface area contributed by atoms with Crippen molar-refractivity contribution in [3.8, 4) is 0 Å². The van der Waals surface area contributed by atoms with Gasteiger partial charge in [0.25, 0.3) is 0 Å². The highest BCUT2D eigenvalue weighted by Crippen LogP contribution is 2.32. The largest absolute Gasteiger partial charge is 0.394 e. The van der Waals surface area contributed by atoms with Gasteiger partial charge in [0.2, 0.25) is 5.91 Å². The lowest BCUT2D eigenvalue weighted by Gasteiger charge is -2.28. The minimum Gasteiger partial charge on any atom is -0.394 e. The highest BCUT2D eigenvalue weighted by molar-refractivity contribution is 5.79. The van der Waals surface area contributed by atoms with Gasteiger partial charge in [0.05, 0.1) is 12.6 Å². The van der Waals surface area contributed by atoms with Gasteiger partial charge in [-0.3, -0.25) is 4.79 Å². The van der Waals surface area contributed by atoms with Gasteiger partial charge >= 0.3 is 0 Å². The fourth-order valence-corrected chi connectivity index (χ4v) is 2.78. The molecule has 2 rings (SSSR count). The van der Waals surface area contributed by atoms with Crippen LogP contribution in [0.3, 0.4) is 0 Å². The second-order valence-electron chi connectivity index (χ2n) is 5.51. The van der Waals surface area contributed by atoms with E-state index in [2.05, 4.69) is 13.8 Å². The van der Waals surface area contributed by atoms with Gasteiger partial charge in [-0.05, 0) is 29.5 Å². The van der Waals surface area contributed by atoms with Crippen molar-refractivity contribution >= 4 is 5.91 Å². The average molecular weight is 265 g/mol. The van der Waals surface area contributed by atoms with E-state index in [1.807, 2.05) is 0 Å². The Hall–Kier alpha value is -1.42. The quantitative estimate of drug-likeness (QED) is 0.906. The summed E-state index contributed by atoms with van der Waals surface area (Å²) in [5, 5.41) is 9.54. The molecule has 1 heterocycles. The Kier molecular flexibility index (Phi) is 4.20. The van der Waals surface area contributed by atoms with E-state index in [9.17, 15) is 14.3 Å². The lowest BCUT2D eigenvalue weighted by molar-refractivity contribution is -0.130. The summed E-state index contributed by atoms with van der Waals surface area (Å²) >= 11 is 0. The van der Waals surface area contributed by atoms with Gasteiger partial charge in [0.15, 0.2) is 0 Å². The van der Waals surface area contributed by atoms with E-state index < -0.39 is 0 Å². The maximum absolute atomic E-state index is 12.9. The van der Waals surface area contributed by atoms with Gasteiger partial charge in [-0.25, -0.2) is 4.39 Å². The van der Waals surface area contributed by atoms with E-state index >= 15 is 0 Å². The number of hydrogen-bond acceptors (Lipinski definition) is 2. The molecule has 1 N–H and O–H groups in total. The molecule has 104 valence electrons. The molecular formula is C15H20FNO2. The molecule has 1 aliphatic heterocycles. The molecule has 4 heteroatoms. The number of likely N-dealkylation sites (tertiary alicyclic amines) is 1. The first kappa shape index (κ1) is 14.0. The van der Waals surface area contributed by atoms with Crippen molar-refractivity contribution in [2.75, 3.05) is 6.61 Å². The van der Waals surface area contributed by atoms with Crippen LogP contribution in [-0.2, 0) is 11.3 Å². The highest BCUT2D eigenvalue weighted by Gasteiger charge is 2.40. The van der Waals surface area contributed by atoms with Gasteiger partial charge < -0.3 is 10.0 Å². The smallest absolute Gasteiger partial charge is 0.223 e. The van der Waals surface area contributed by atoms with E-state index in [1.54, 1.807) is 17.0 Å². The minimum atomic E-state index is -0.282. The van der Waals surface area contributed by atoms with E-state index in [-0.39, 0.29) is 30.3 Å². The fourth-order valence-electron chi connectivity index (χ4n) is 2.78. The molecule has 0 spiro atoms. The molecule has 3 nitrogen and oxygen atoms in total. The third-order valence-corrected chi connectivity index (χ3v) is 3.93. The monoisotopic (exact) mass is 265 g/mol. The van der Waals surface area contributed by atoms with Crippen LogP contribution < -0.4 is 0 Å². The third kappa shape index (κ3) is 2.95. The Labute approximate surface area is 113 Å². The lowest BCUT2D eigenvalue weighted by atomic mass is 9.89. The lowest BCUT2D eigenvalue weighted by Crippen LogP contribution is -2.38. The highest BCUT2D eigenvalue weighted by atomic mass is 19.1. The van der Waals surface area contributed by atoms with Crippen LogP contribution in [0.15, 0.2) is 24.3 Å². The van der Waals surface area contributed by atoms with Crippen LogP contribution in [0, 0.1) is 17.7 Å². The van der Waals surface area contributed by atoms with E-state index in [0.717, 1.165) is 5.56 Å². The maximum atomic E-state index is 12.9. The number of carbonyl (C=O) groups is 1. The average Bonchev–Trinajstić information content (AvgIpc) is 2.69. The Balaban J connectivity index is 2.14. The molecule has 1 amide bonds. The van der Waals surface area contributed by atoms with Gasteiger partial charge in [-0.2, -0.15) is 0 Å². The molecule has 2 atom stereocenters. The predicted molar refractivity (Wildman–Crippen MR) is 70.8 cm³/mol. The first-order valence-electron chi connectivity index (χ1n) is 6.67. The number of benzene rings is 1. The minimum absolute atomic E-state index is 0.0181. The number of aliphatic hydroxyl groups excluding tert-OH is 1. The van der Waals surface area contributed by atoms with E-state index in [1.165, 1.54) is 12.1 Å². The topological polar surface area (TPSA) is 40.5 Å². The predicted octanol–water partition coefficient (Wildman–Crippen LogP) is 2.19. The summed E-state index contributed by atoms with van der Waals surface area (Å²) in [5.41, 5.74) is 0.887. The van der Waals surface area contributed by atoms with Gasteiger partial charge in [0.1, 0.15) is 5.82 Å². The first-order chi connectivity index (χ1) is 9.02. The zero-order chi connectivity index (χ0) is 14.0. The number of rotatable bonds is 4. The van der Waals surface area contributed by atoms with Crippen molar-refractivity contribution in [1.82, 2.24) is 4.90 Å². The Morgan fingerprint density at radius 2 is 2.00 bits per heavy atom. The second-order valence-corrected chi connectivity index (χ2v) is 5.51. The molecule has 0 saturated carbocycles. The molecule has 1 fully saturated rings. The normalized spacial score (nSPS) is 23.4. The molecule has 1 aromatic rings. The molecule has 0 aromatic heterocycles. The van der Waals surface area contributed by atoms with Crippen molar-refractivity contribution in [2.24, 2.45) is 11.8 Å². The van der Waals surface area contributed by atoms with Crippen LogP contribution in [0.5, 0.6) is 0 Å². The summed E-state index contributed by atoms with van der Waals surface area (Å²) in [6.45, 7) is 4.56. The molecule has 19 heavy (non-hydrogen) atoms. The van der Waals surface area contributed by atoms with Gasteiger partial charge in [0, 0.05) is 13.0 Å². The van der Waals surface area contributed by atoms with Crippen LogP contribution in [-0.4, -0.2) is 28.6 Å². The summed E-state index contributed by atoms with van der Waals surface area (Å²) in [7, 11) is 0. The number of carbonyl (C=O) groups excluding carboxylic acids is 1. The zero-order valence-corrected chi connectivity index (χ0v) is 11.3. The number of halogens is 1. The third-order valence-electron chi connectivity index (χ3n) is 3.93. The number of hydrogen-bond donors (Lipinski definition) is 1. The number of aliphatic hydroxyl groups is 1. The summed E-state index contributed by atoms with van der Waals surface area (Å²) in [4.78, 5) is 13.8. The standard InChI is InChI=1S/C15H20FNO2/c1-10(2)13-7-15(19)17(14(13)9-18)8-11-3-5-12(16)6-4-11/h3-6,10,13-14,18H,7-9H2,1-2H3/t13-,14-/m0/s1. The Morgan fingerprint density at radius 3 is 2.53 bits per heavy atom. The van der Waals surface area contributed by atoms with Gasteiger partial charge in [-0.1, -0.05) is 26.0 Å². The van der Waals surface area contributed by atoms with Crippen LogP contribution in [0.2, 0.25) is 0 Å². The summed E-state index contributed by atoms with van der Waals surface area (Å²) < 4.78 is 12.9. The van der Waals surface area contributed by atoms with E-state index in [0.29, 0.717) is 18.9 Å². The molecule has 0 radical (unpaired) electrons. The van der Waals surface area contributed by atoms with Crippen LogP contribution in [0.4, 0.5) is 4.39 Å². The maximum Gasteiger partial charge on any atom is 0.223 e. The second kappa shape index (κ2) is 5.70. The van der Waals surface area contributed by atoms with Crippen LogP contribution in [0.1, 0.15) is 25.8 Å². The van der Waals surface area contributed by atoms with Crippen LogP contribution >= 0.6 is 0 Å². The molecular weight excluding hydrogens is 245 g/mol. The first-order valence-corrected chi connectivity index (χ1v) is 6.67. The molecule has 1 aromatic carbocycles. The molecule has 1 aliphatic rings. The van der Waals surface area contributed by atoms with Crippen LogP contribution in [0.25, 0.3) is 0 Å². The van der Waals surface area contributed by atoms with Gasteiger partial charge in [-0.15, -0.1) is 0 Å². The molecule has 0 unspecified atom stereocenters. The summed E-state index contributed by atoms with van der Waals surface area (Å²) in [6.07, 6.45) is 0.490. The van der Waals surface area contributed by atoms with Crippen molar-refractivity contribution in [3.63, 3.8) is 0 Å². The van der Waals surface area contributed by atoms with E-state index in [4.69, 9.17) is 0 Å². The molecule has 1 saturated heterocycles. The fraction of sp³-hybridized carbons (Fsp3) is 0.533. The van der Waals surface area contributed by atoms with Crippen molar-refractivity contribution in [3.05, 3.63) is 35.6 Å². The van der Waals surface area contributed by atoms with Crippen molar-refractivity contribution < 1.29 is 14.3 Å². The summed E-state index contributed by atoms with van der Waals surface area (Å²) in [5.74, 6) is 0.342. The Bertz CT molecular complexity index is 444. The number of nitrogens with zero attached hydrogens (tertiary/aromatic N) is 1. The van der Waals surface area contributed by atoms with Crippen molar-refractivity contribution in [1.29, 1.82) is 0 Å². The summed E-state index contributed by atoms with van der Waals surface area (Å²) in [6, 6.07) is 6.02. The Morgan fingerprint density at radius 1 is 1.37 bits per heavy atom. The number of amides is 1. The van der Waals surface area contributed by atoms with Crippen molar-refractivity contribution in [2.45, 2.75) is 32.9 Å².